The van der Waals surface area contributed by atoms with Gasteiger partial charge in [0.1, 0.15) is 11.6 Å². The zero-order chi connectivity index (χ0) is 9.02. The molecule has 0 aliphatic rings. The van der Waals surface area contributed by atoms with E-state index in [-0.39, 0.29) is 17.6 Å². The van der Waals surface area contributed by atoms with Crippen molar-refractivity contribution in [2.75, 3.05) is 14.1 Å². The highest BCUT2D eigenvalue weighted by Gasteiger charge is 2.17. The van der Waals surface area contributed by atoms with Crippen LogP contribution in [0.1, 0.15) is 20.3 Å². The van der Waals surface area contributed by atoms with Gasteiger partial charge in [-0.1, -0.05) is 0 Å². The molecular formula is C8H15NO2. The third-order valence-corrected chi connectivity index (χ3v) is 1.57. The zero-order valence-electron chi connectivity index (χ0n) is 7.55. The molecule has 0 saturated heterocycles. The maximum atomic E-state index is 10.9. The van der Waals surface area contributed by atoms with Crippen molar-refractivity contribution in [3.05, 3.63) is 0 Å². The van der Waals surface area contributed by atoms with Crippen LogP contribution < -0.4 is 0 Å². The van der Waals surface area contributed by atoms with Gasteiger partial charge in [0, 0.05) is 6.42 Å². The first kappa shape index (κ1) is 10.3. The number of carbonyl (C=O) groups excluding carboxylic acids is 2. The van der Waals surface area contributed by atoms with Crippen LogP contribution in [-0.4, -0.2) is 36.6 Å². The average molecular weight is 157 g/mol. The van der Waals surface area contributed by atoms with Crippen LogP contribution >= 0.6 is 0 Å². The molecule has 0 spiro atoms. The van der Waals surface area contributed by atoms with Crippen LogP contribution in [0.25, 0.3) is 0 Å². The van der Waals surface area contributed by atoms with Crippen LogP contribution in [-0.2, 0) is 9.59 Å². The number of rotatable bonds is 4. The highest BCUT2D eigenvalue weighted by Crippen LogP contribution is 2.01. The smallest absolute Gasteiger partial charge is 0.147 e. The van der Waals surface area contributed by atoms with Crippen LogP contribution in [0.5, 0.6) is 0 Å². The molecule has 0 bridgehead atoms. The van der Waals surface area contributed by atoms with Gasteiger partial charge in [-0.05, 0) is 27.9 Å². The van der Waals surface area contributed by atoms with Crippen molar-refractivity contribution in [1.82, 2.24) is 4.90 Å². The molecule has 0 aromatic carbocycles. The second-order valence-corrected chi connectivity index (χ2v) is 3.00. The standard InChI is InChI=1S/C8H15NO2/c1-6(10)5-8(7(2)11)9(3)4/h8H,5H2,1-4H3. The first-order valence-corrected chi connectivity index (χ1v) is 3.61. The van der Waals surface area contributed by atoms with E-state index in [1.807, 2.05) is 0 Å². The molecule has 0 aliphatic carbocycles. The summed E-state index contributed by atoms with van der Waals surface area (Å²) in [6.07, 6.45) is 0.322. The maximum Gasteiger partial charge on any atom is 0.147 e. The Balaban J connectivity index is 4.12. The normalized spacial score (nSPS) is 13.2. The lowest BCUT2D eigenvalue weighted by Gasteiger charge is -2.19. The van der Waals surface area contributed by atoms with Crippen molar-refractivity contribution in [2.24, 2.45) is 0 Å². The lowest BCUT2D eigenvalue weighted by molar-refractivity contribution is -0.126. The molecule has 0 amide bonds. The Morgan fingerprint density at radius 1 is 1.27 bits per heavy atom. The summed E-state index contributed by atoms with van der Waals surface area (Å²) in [5.74, 6) is 0.101. The summed E-state index contributed by atoms with van der Waals surface area (Å²) in [6.45, 7) is 3.01. The molecule has 64 valence electrons. The molecule has 0 aliphatic heterocycles. The van der Waals surface area contributed by atoms with Crippen molar-refractivity contribution in [2.45, 2.75) is 26.3 Å². The van der Waals surface area contributed by atoms with Gasteiger partial charge in [0.05, 0.1) is 6.04 Å². The molecule has 1 atom stereocenters. The van der Waals surface area contributed by atoms with E-state index < -0.39 is 0 Å². The Bertz CT molecular complexity index is 163. The van der Waals surface area contributed by atoms with E-state index in [2.05, 4.69) is 0 Å². The fourth-order valence-electron chi connectivity index (χ4n) is 0.962. The summed E-state index contributed by atoms with van der Waals surface area (Å²) < 4.78 is 0. The number of carbonyl (C=O) groups is 2. The summed E-state index contributed by atoms with van der Waals surface area (Å²) >= 11 is 0. The van der Waals surface area contributed by atoms with Gasteiger partial charge in [-0.15, -0.1) is 0 Å². The third-order valence-electron chi connectivity index (χ3n) is 1.57. The number of nitrogens with zero attached hydrogens (tertiary/aromatic N) is 1. The van der Waals surface area contributed by atoms with Gasteiger partial charge in [0.15, 0.2) is 0 Å². The average Bonchev–Trinajstić information content (AvgIpc) is 1.81. The predicted molar refractivity (Wildman–Crippen MR) is 43.5 cm³/mol. The molecule has 0 aromatic heterocycles. The summed E-state index contributed by atoms with van der Waals surface area (Å²) in [6, 6.07) is -0.243. The molecule has 0 heterocycles. The second-order valence-electron chi connectivity index (χ2n) is 3.00. The van der Waals surface area contributed by atoms with E-state index >= 15 is 0 Å². The van der Waals surface area contributed by atoms with Crippen molar-refractivity contribution < 1.29 is 9.59 Å². The van der Waals surface area contributed by atoms with Gasteiger partial charge in [0.2, 0.25) is 0 Å². The fourth-order valence-corrected chi connectivity index (χ4v) is 0.962. The Kier molecular flexibility index (Phi) is 3.97. The molecule has 0 rings (SSSR count). The monoisotopic (exact) mass is 157 g/mol. The van der Waals surface area contributed by atoms with E-state index in [1.165, 1.54) is 13.8 Å². The van der Waals surface area contributed by atoms with E-state index in [1.54, 1.807) is 19.0 Å². The number of hydrogen-bond acceptors (Lipinski definition) is 3. The Morgan fingerprint density at radius 2 is 1.73 bits per heavy atom. The van der Waals surface area contributed by atoms with E-state index in [9.17, 15) is 9.59 Å². The van der Waals surface area contributed by atoms with Crippen molar-refractivity contribution in [3.8, 4) is 0 Å². The molecule has 11 heavy (non-hydrogen) atoms. The minimum absolute atomic E-state index is 0.0465. The van der Waals surface area contributed by atoms with E-state index in [0.717, 1.165) is 0 Å². The van der Waals surface area contributed by atoms with Gasteiger partial charge in [-0.2, -0.15) is 0 Å². The molecule has 1 unspecified atom stereocenters. The summed E-state index contributed by atoms with van der Waals surface area (Å²) in [4.78, 5) is 23.4. The lowest BCUT2D eigenvalue weighted by atomic mass is 10.1. The summed E-state index contributed by atoms with van der Waals surface area (Å²) in [7, 11) is 3.60. The highest BCUT2D eigenvalue weighted by atomic mass is 16.1. The van der Waals surface area contributed by atoms with Crippen LogP contribution in [0.15, 0.2) is 0 Å². The number of ketones is 2. The Morgan fingerprint density at radius 3 is 1.82 bits per heavy atom. The molecule has 0 N–H and O–H groups in total. The summed E-state index contributed by atoms with van der Waals surface area (Å²) in [5.41, 5.74) is 0. The number of hydrogen-bond donors (Lipinski definition) is 0. The Labute approximate surface area is 67.4 Å². The van der Waals surface area contributed by atoms with Crippen LogP contribution in [0.4, 0.5) is 0 Å². The minimum Gasteiger partial charge on any atom is -0.300 e. The van der Waals surface area contributed by atoms with Gasteiger partial charge >= 0.3 is 0 Å². The number of Topliss-reactive ketones (excluding diaryl/α,β-unsaturated/α-hetero) is 2. The minimum atomic E-state index is -0.243. The Hall–Kier alpha value is -0.700. The van der Waals surface area contributed by atoms with Crippen LogP contribution in [0, 0.1) is 0 Å². The molecule has 0 aromatic rings. The molecule has 0 radical (unpaired) electrons. The maximum absolute atomic E-state index is 10.9. The summed E-state index contributed by atoms with van der Waals surface area (Å²) in [5, 5.41) is 0. The quantitative estimate of drug-likeness (QED) is 0.596. The second kappa shape index (κ2) is 4.23. The zero-order valence-corrected chi connectivity index (χ0v) is 7.55. The molecule has 3 heteroatoms. The van der Waals surface area contributed by atoms with Gasteiger partial charge < -0.3 is 0 Å². The largest absolute Gasteiger partial charge is 0.300 e. The third kappa shape index (κ3) is 3.88. The van der Waals surface area contributed by atoms with Crippen molar-refractivity contribution in [3.63, 3.8) is 0 Å². The van der Waals surface area contributed by atoms with Gasteiger partial charge in [-0.25, -0.2) is 0 Å². The van der Waals surface area contributed by atoms with Crippen molar-refractivity contribution >= 4 is 11.6 Å². The van der Waals surface area contributed by atoms with Crippen molar-refractivity contribution in [1.29, 1.82) is 0 Å². The first-order chi connectivity index (χ1) is 4.95. The van der Waals surface area contributed by atoms with Gasteiger partial charge in [0.25, 0.3) is 0 Å². The van der Waals surface area contributed by atoms with Crippen LogP contribution in [0.2, 0.25) is 0 Å². The molecule has 3 nitrogen and oxygen atoms in total. The van der Waals surface area contributed by atoms with Crippen LogP contribution in [0.3, 0.4) is 0 Å². The highest BCUT2D eigenvalue weighted by molar-refractivity contribution is 5.87. The first-order valence-electron chi connectivity index (χ1n) is 3.61. The predicted octanol–water partition coefficient (Wildman–Crippen LogP) is 0.485. The topological polar surface area (TPSA) is 37.4 Å². The molecule has 0 fully saturated rings. The van der Waals surface area contributed by atoms with Gasteiger partial charge in [-0.3, -0.25) is 14.5 Å². The van der Waals surface area contributed by atoms with E-state index in [0.29, 0.717) is 6.42 Å². The number of likely N-dealkylation sites (N-methyl/N-ethyl adjacent to an activating group) is 1. The van der Waals surface area contributed by atoms with E-state index in [4.69, 9.17) is 0 Å². The molecule has 0 saturated carbocycles. The molecular weight excluding hydrogens is 142 g/mol. The SMILES string of the molecule is CC(=O)CC(C(C)=O)N(C)C. The fraction of sp³-hybridized carbons (Fsp3) is 0.750. The lowest BCUT2D eigenvalue weighted by Crippen LogP contribution is -2.35.